The van der Waals surface area contributed by atoms with Gasteiger partial charge in [0.05, 0.1) is 5.69 Å². The molecule has 0 aliphatic rings. The van der Waals surface area contributed by atoms with Crippen molar-refractivity contribution < 1.29 is 4.79 Å². The van der Waals surface area contributed by atoms with Crippen molar-refractivity contribution in [1.82, 2.24) is 15.1 Å². The average Bonchev–Trinajstić information content (AvgIpc) is 2.79. The molecule has 3 N–H and O–H groups in total. The van der Waals surface area contributed by atoms with E-state index in [0.717, 1.165) is 11.1 Å². The lowest BCUT2D eigenvalue weighted by Crippen LogP contribution is -2.24. The van der Waals surface area contributed by atoms with Gasteiger partial charge in [-0.1, -0.05) is 24.3 Å². The van der Waals surface area contributed by atoms with Crippen LogP contribution in [0.5, 0.6) is 0 Å². The van der Waals surface area contributed by atoms with E-state index in [1.165, 1.54) is 0 Å². The summed E-state index contributed by atoms with van der Waals surface area (Å²) in [5, 5.41) is 6.98. The van der Waals surface area contributed by atoms with Crippen molar-refractivity contribution >= 4 is 11.6 Å². The summed E-state index contributed by atoms with van der Waals surface area (Å²) >= 11 is 0. The highest BCUT2D eigenvalue weighted by Crippen LogP contribution is 2.10. The number of benzene rings is 1. The Kier molecular flexibility index (Phi) is 3.85. The van der Waals surface area contributed by atoms with Crippen LogP contribution in [-0.4, -0.2) is 15.7 Å². The Labute approximate surface area is 112 Å². The molecule has 2 rings (SSSR count). The molecular weight excluding hydrogens is 240 g/mol. The fourth-order valence-electron chi connectivity index (χ4n) is 1.84. The molecule has 0 aliphatic heterocycles. The summed E-state index contributed by atoms with van der Waals surface area (Å²) < 4.78 is 1.65. The predicted molar refractivity (Wildman–Crippen MR) is 74.7 cm³/mol. The number of nitrogens with one attached hydrogen (secondary N) is 1. The van der Waals surface area contributed by atoms with E-state index in [2.05, 4.69) is 10.4 Å². The van der Waals surface area contributed by atoms with E-state index in [1.807, 2.05) is 38.1 Å². The van der Waals surface area contributed by atoms with E-state index in [1.54, 1.807) is 10.9 Å². The van der Waals surface area contributed by atoms with Crippen molar-refractivity contribution in [3.63, 3.8) is 0 Å². The molecule has 0 saturated heterocycles. The molecule has 0 aliphatic carbocycles. The molecule has 1 aromatic carbocycles. The third kappa shape index (κ3) is 2.93. The lowest BCUT2D eigenvalue weighted by molar-refractivity contribution is 0.0946. The average molecular weight is 258 g/mol. The van der Waals surface area contributed by atoms with Crippen molar-refractivity contribution in [1.29, 1.82) is 0 Å². The normalized spacial score (nSPS) is 10.4. The van der Waals surface area contributed by atoms with E-state index in [4.69, 9.17) is 5.73 Å². The number of nitrogens with two attached hydrogens (primary N) is 1. The molecule has 100 valence electrons. The van der Waals surface area contributed by atoms with Crippen LogP contribution >= 0.6 is 0 Å². The first kappa shape index (κ1) is 13.1. The van der Waals surface area contributed by atoms with Gasteiger partial charge in [-0.2, -0.15) is 5.10 Å². The number of nitrogens with zero attached hydrogens (tertiary/aromatic N) is 2. The maximum atomic E-state index is 12.0. The molecule has 0 saturated carbocycles. The first-order valence-corrected chi connectivity index (χ1v) is 6.27. The van der Waals surface area contributed by atoms with Crippen LogP contribution in [0.4, 0.5) is 5.69 Å². The number of amides is 1. The molecule has 1 heterocycles. The van der Waals surface area contributed by atoms with Crippen molar-refractivity contribution in [2.24, 2.45) is 0 Å². The molecule has 0 radical (unpaired) electrons. The van der Waals surface area contributed by atoms with Crippen LogP contribution in [0.15, 0.2) is 30.5 Å². The van der Waals surface area contributed by atoms with Crippen molar-refractivity contribution in [2.75, 3.05) is 5.73 Å². The van der Waals surface area contributed by atoms with Crippen molar-refractivity contribution in [2.45, 2.75) is 26.9 Å². The number of anilines is 1. The Morgan fingerprint density at radius 3 is 2.79 bits per heavy atom. The molecule has 0 fully saturated rings. The minimum absolute atomic E-state index is 0.243. The number of carbonyl (C=O) groups is 1. The Hall–Kier alpha value is -2.30. The Bertz CT molecular complexity index is 589. The standard InChI is InChI=1S/C14H18N4O/c1-3-18-9-12(15)13(17-18)14(19)16-8-11-7-5-4-6-10(11)2/h4-7,9H,3,8,15H2,1-2H3,(H,16,19). The van der Waals surface area contributed by atoms with Crippen LogP contribution in [0.1, 0.15) is 28.5 Å². The number of aryl methyl sites for hydroxylation is 2. The van der Waals surface area contributed by atoms with Gasteiger partial charge >= 0.3 is 0 Å². The van der Waals surface area contributed by atoms with Gasteiger partial charge in [-0.25, -0.2) is 0 Å². The van der Waals surface area contributed by atoms with E-state index in [0.29, 0.717) is 18.8 Å². The van der Waals surface area contributed by atoms with Crippen LogP contribution in [0.2, 0.25) is 0 Å². The number of rotatable bonds is 4. The van der Waals surface area contributed by atoms with Crippen molar-refractivity contribution in [3.05, 3.63) is 47.3 Å². The fourth-order valence-corrected chi connectivity index (χ4v) is 1.84. The van der Waals surface area contributed by atoms with Gasteiger partial charge in [-0.05, 0) is 25.0 Å². The Morgan fingerprint density at radius 2 is 2.16 bits per heavy atom. The molecule has 1 amide bonds. The van der Waals surface area contributed by atoms with Crippen LogP contribution in [0, 0.1) is 6.92 Å². The van der Waals surface area contributed by atoms with Gasteiger partial charge in [0.2, 0.25) is 0 Å². The highest BCUT2D eigenvalue weighted by atomic mass is 16.1. The summed E-state index contributed by atoms with van der Waals surface area (Å²) in [5.41, 5.74) is 8.70. The second kappa shape index (κ2) is 5.56. The first-order valence-electron chi connectivity index (χ1n) is 6.27. The second-order valence-electron chi connectivity index (χ2n) is 4.40. The maximum Gasteiger partial charge on any atom is 0.274 e. The molecule has 1 aromatic heterocycles. The number of hydrogen-bond donors (Lipinski definition) is 2. The Morgan fingerprint density at radius 1 is 1.42 bits per heavy atom. The third-order valence-electron chi connectivity index (χ3n) is 3.03. The summed E-state index contributed by atoms with van der Waals surface area (Å²) in [5.74, 6) is -0.243. The molecule has 5 nitrogen and oxygen atoms in total. The van der Waals surface area contributed by atoms with Gasteiger partial charge in [0.15, 0.2) is 5.69 Å². The van der Waals surface area contributed by atoms with Crippen LogP contribution < -0.4 is 11.1 Å². The van der Waals surface area contributed by atoms with Gasteiger partial charge in [0.25, 0.3) is 5.91 Å². The zero-order valence-electron chi connectivity index (χ0n) is 11.2. The summed E-state index contributed by atoms with van der Waals surface area (Å²) in [7, 11) is 0. The largest absolute Gasteiger partial charge is 0.396 e. The van der Waals surface area contributed by atoms with E-state index < -0.39 is 0 Å². The zero-order valence-corrected chi connectivity index (χ0v) is 11.2. The minimum Gasteiger partial charge on any atom is -0.396 e. The van der Waals surface area contributed by atoms with Gasteiger partial charge < -0.3 is 11.1 Å². The number of carbonyl (C=O) groups excluding carboxylic acids is 1. The van der Waals surface area contributed by atoms with Gasteiger partial charge in [0, 0.05) is 19.3 Å². The molecule has 0 atom stereocenters. The SMILES string of the molecule is CCn1cc(N)c(C(=O)NCc2ccccc2C)n1. The summed E-state index contributed by atoms with van der Waals surface area (Å²) in [6.45, 7) is 5.13. The van der Waals surface area contributed by atoms with Crippen LogP contribution in [-0.2, 0) is 13.1 Å². The first-order chi connectivity index (χ1) is 9.11. The molecule has 19 heavy (non-hydrogen) atoms. The number of hydrogen-bond acceptors (Lipinski definition) is 3. The summed E-state index contributed by atoms with van der Waals surface area (Å²) in [6.07, 6.45) is 1.67. The quantitative estimate of drug-likeness (QED) is 0.877. The van der Waals surface area contributed by atoms with E-state index in [-0.39, 0.29) is 11.6 Å². The Balaban J connectivity index is 2.05. The highest BCUT2D eigenvalue weighted by Gasteiger charge is 2.14. The lowest BCUT2D eigenvalue weighted by Gasteiger charge is -2.06. The minimum atomic E-state index is -0.243. The summed E-state index contributed by atoms with van der Waals surface area (Å²) in [4.78, 5) is 12.0. The monoisotopic (exact) mass is 258 g/mol. The smallest absolute Gasteiger partial charge is 0.274 e. The van der Waals surface area contributed by atoms with Gasteiger partial charge in [-0.3, -0.25) is 9.48 Å². The predicted octanol–water partition coefficient (Wildman–Crippen LogP) is 1.72. The second-order valence-corrected chi connectivity index (χ2v) is 4.40. The lowest BCUT2D eigenvalue weighted by atomic mass is 10.1. The van der Waals surface area contributed by atoms with Crippen LogP contribution in [0.25, 0.3) is 0 Å². The molecule has 5 heteroatoms. The maximum absolute atomic E-state index is 12.0. The highest BCUT2D eigenvalue weighted by molar-refractivity contribution is 5.96. The van der Waals surface area contributed by atoms with Gasteiger partial charge in [-0.15, -0.1) is 0 Å². The van der Waals surface area contributed by atoms with E-state index in [9.17, 15) is 4.79 Å². The topological polar surface area (TPSA) is 72.9 Å². The number of aromatic nitrogens is 2. The third-order valence-corrected chi connectivity index (χ3v) is 3.03. The number of nitrogen functional groups attached to an aromatic ring is 1. The van der Waals surface area contributed by atoms with Crippen molar-refractivity contribution in [3.8, 4) is 0 Å². The summed E-state index contributed by atoms with van der Waals surface area (Å²) in [6, 6.07) is 7.93. The molecular formula is C14H18N4O. The van der Waals surface area contributed by atoms with E-state index >= 15 is 0 Å². The molecule has 0 unspecified atom stereocenters. The zero-order chi connectivity index (χ0) is 13.8. The van der Waals surface area contributed by atoms with Gasteiger partial charge in [0.1, 0.15) is 0 Å². The molecule has 2 aromatic rings. The fraction of sp³-hybridized carbons (Fsp3) is 0.286. The van der Waals surface area contributed by atoms with Crippen LogP contribution in [0.3, 0.4) is 0 Å². The molecule has 0 bridgehead atoms. The molecule has 0 spiro atoms.